The Morgan fingerprint density at radius 2 is 1.44 bits per heavy atom. The van der Waals surface area contributed by atoms with Gasteiger partial charge in [0.25, 0.3) is 0 Å². The number of Topliss-reactive ketones (excluding diaryl/α,β-unsaturated/α-hetero) is 1. The molecule has 2 rings (SSSR count). The van der Waals surface area contributed by atoms with Crippen LogP contribution < -0.4 is 5.73 Å². The van der Waals surface area contributed by atoms with E-state index in [4.69, 9.17) is 5.73 Å². The van der Waals surface area contributed by atoms with Crippen molar-refractivity contribution < 1.29 is 4.79 Å². The van der Waals surface area contributed by atoms with Crippen LogP contribution in [0.25, 0.3) is 0 Å². The summed E-state index contributed by atoms with van der Waals surface area (Å²) in [6, 6.07) is 18.6. The average molecular weight is 262 g/mol. The van der Waals surface area contributed by atoms with Gasteiger partial charge in [0, 0.05) is 6.42 Å². The molecule has 0 aliphatic rings. The molecule has 0 saturated carbocycles. The number of carbonyl (C=O) groups excluding carboxylic acids is 1. The third kappa shape index (κ3) is 3.69. The zero-order valence-corrected chi connectivity index (χ0v) is 10.8. The van der Waals surface area contributed by atoms with Gasteiger partial charge in [-0.3, -0.25) is 4.79 Å². The van der Waals surface area contributed by atoms with Gasteiger partial charge in [-0.05, 0) is 11.1 Å². The van der Waals surface area contributed by atoms with Crippen molar-refractivity contribution in [1.29, 1.82) is 0 Å². The molecule has 1 atom stereocenters. The number of ketones is 1. The molecular formula is C15H16ClNO. The molecule has 0 bridgehead atoms. The predicted octanol–water partition coefficient (Wildman–Crippen LogP) is 2.92. The summed E-state index contributed by atoms with van der Waals surface area (Å²) in [5.41, 5.74) is 7.81. The van der Waals surface area contributed by atoms with Gasteiger partial charge < -0.3 is 5.73 Å². The fourth-order valence-electron chi connectivity index (χ4n) is 1.75. The van der Waals surface area contributed by atoms with Crippen LogP contribution in [0.15, 0.2) is 60.7 Å². The number of rotatable bonds is 4. The normalized spacial score (nSPS) is 11.4. The summed E-state index contributed by atoms with van der Waals surface area (Å²) < 4.78 is 0. The highest BCUT2D eigenvalue weighted by molar-refractivity contribution is 5.87. The highest BCUT2D eigenvalue weighted by Crippen LogP contribution is 2.13. The van der Waals surface area contributed by atoms with Crippen molar-refractivity contribution in [3.8, 4) is 0 Å². The van der Waals surface area contributed by atoms with Crippen LogP contribution in [0.5, 0.6) is 0 Å². The van der Waals surface area contributed by atoms with Crippen molar-refractivity contribution in [2.45, 2.75) is 12.5 Å². The van der Waals surface area contributed by atoms with Gasteiger partial charge in [-0.15, -0.1) is 12.4 Å². The first-order valence-electron chi connectivity index (χ1n) is 5.64. The number of hydrogen-bond donors (Lipinski definition) is 1. The van der Waals surface area contributed by atoms with Gasteiger partial charge in [0.2, 0.25) is 0 Å². The van der Waals surface area contributed by atoms with Gasteiger partial charge in [-0.25, -0.2) is 0 Å². The number of nitrogens with two attached hydrogens (primary N) is 1. The summed E-state index contributed by atoms with van der Waals surface area (Å²) in [6.07, 6.45) is 0.386. The molecule has 2 aromatic carbocycles. The topological polar surface area (TPSA) is 43.1 Å². The zero-order chi connectivity index (χ0) is 12.1. The third-order valence-corrected chi connectivity index (χ3v) is 2.73. The second kappa shape index (κ2) is 6.94. The number of halogens is 1. The molecule has 0 aromatic heterocycles. The number of carbonyl (C=O) groups is 1. The maximum atomic E-state index is 12.0. The molecule has 0 heterocycles. The van der Waals surface area contributed by atoms with Crippen LogP contribution in [0.3, 0.4) is 0 Å². The van der Waals surface area contributed by atoms with Gasteiger partial charge >= 0.3 is 0 Å². The summed E-state index contributed by atoms with van der Waals surface area (Å²) in [4.78, 5) is 12.0. The fraction of sp³-hybridized carbons (Fsp3) is 0.133. The Hall–Kier alpha value is -1.64. The molecule has 0 fully saturated rings. The van der Waals surface area contributed by atoms with Crippen molar-refractivity contribution in [2.75, 3.05) is 0 Å². The lowest BCUT2D eigenvalue weighted by atomic mass is 9.98. The summed E-state index contributed by atoms with van der Waals surface area (Å²) >= 11 is 0. The Labute approximate surface area is 113 Å². The number of benzene rings is 2. The van der Waals surface area contributed by atoms with Gasteiger partial charge in [-0.2, -0.15) is 0 Å². The Balaban J connectivity index is 0.00000162. The van der Waals surface area contributed by atoms with Crippen molar-refractivity contribution in [1.82, 2.24) is 0 Å². The van der Waals surface area contributed by atoms with E-state index < -0.39 is 6.04 Å². The largest absolute Gasteiger partial charge is 0.318 e. The lowest BCUT2D eigenvalue weighted by molar-refractivity contribution is -0.119. The van der Waals surface area contributed by atoms with Crippen LogP contribution >= 0.6 is 12.4 Å². The van der Waals surface area contributed by atoms with E-state index in [2.05, 4.69) is 0 Å². The Bertz CT molecular complexity index is 484. The SMILES string of the molecule is Cl.NC(C(=O)Cc1ccccc1)c1ccccc1. The van der Waals surface area contributed by atoms with E-state index in [9.17, 15) is 4.79 Å². The van der Waals surface area contributed by atoms with Crippen LogP contribution in [0, 0.1) is 0 Å². The summed E-state index contributed by atoms with van der Waals surface area (Å²) in [7, 11) is 0. The first kappa shape index (κ1) is 14.4. The third-order valence-electron chi connectivity index (χ3n) is 2.73. The van der Waals surface area contributed by atoms with Gasteiger partial charge in [0.15, 0.2) is 5.78 Å². The van der Waals surface area contributed by atoms with E-state index in [-0.39, 0.29) is 18.2 Å². The zero-order valence-electron chi connectivity index (χ0n) is 9.95. The average Bonchev–Trinajstić information content (AvgIpc) is 2.40. The second-order valence-corrected chi connectivity index (χ2v) is 4.02. The summed E-state index contributed by atoms with van der Waals surface area (Å²) in [5, 5.41) is 0. The van der Waals surface area contributed by atoms with E-state index in [0.29, 0.717) is 6.42 Å². The van der Waals surface area contributed by atoms with Crippen molar-refractivity contribution >= 4 is 18.2 Å². The molecule has 0 saturated heterocycles. The van der Waals surface area contributed by atoms with Crippen molar-refractivity contribution in [2.24, 2.45) is 5.73 Å². The minimum atomic E-state index is -0.531. The standard InChI is InChI=1S/C15H15NO.ClH/c16-15(13-9-5-2-6-10-13)14(17)11-12-7-3-1-4-8-12;/h1-10,15H,11,16H2;1H. The highest BCUT2D eigenvalue weighted by atomic mass is 35.5. The van der Waals surface area contributed by atoms with Gasteiger partial charge in [-0.1, -0.05) is 60.7 Å². The van der Waals surface area contributed by atoms with Gasteiger partial charge in [0.05, 0.1) is 6.04 Å². The minimum Gasteiger partial charge on any atom is -0.318 e. The van der Waals surface area contributed by atoms with E-state index in [1.807, 2.05) is 60.7 Å². The molecule has 0 radical (unpaired) electrons. The van der Waals surface area contributed by atoms with Crippen LogP contribution in [0.1, 0.15) is 17.2 Å². The lowest BCUT2D eigenvalue weighted by Gasteiger charge is -2.10. The quantitative estimate of drug-likeness (QED) is 0.920. The Morgan fingerprint density at radius 3 is 2.00 bits per heavy atom. The van der Waals surface area contributed by atoms with E-state index in [1.54, 1.807) is 0 Å². The second-order valence-electron chi connectivity index (χ2n) is 4.02. The molecule has 0 aliphatic heterocycles. The van der Waals surface area contributed by atoms with Gasteiger partial charge in [0.1, 0.15) is 0 Å². The molecule has 2 aromatic rings. The number of hydrogen-bond acceptors (Lipinski definition) is 2. The highest BCUT2D eigenvalue weighted by Gasteiger charge is 2.15. The van der Waals surface area contributed by atoms with E-state index >= 15 is 0 Å². The molecule has 1 unspecified atom stereocenters. The molecule has 0 spiro atoms. The predicted molar refractivity (Wildman–Crippen MR) is 75.8 cm³/mol. The lowest BCUT2D eigenvalue weighted by Crippen LogP contribution is -2.22. The van der Waals surface area contributed by atoms with E-state index in [1.165, 1.54) is 0 Å². The van der Waals surface area contributed by atoms with Crippen LogP contribution in [-0.4, -0.2) is 5.78 Å². The summed E-state index contributed by atoms with van der Waals surface area (Å²) in [5.74, 6) is 0.0439. The molecule has 0 amide bonds. The smallest absolute Gasteiger partial charge is 0.158 e. The first-order chi connectivity index (χ1) is 8.27. The van der Waals surface area contributed by atoms with Crippen LogP contribution in [0.4, 0.5) is 0 Å². The molecule has 0 aliphatic carbocycles. The first-order valence-corrected chi connectivity index (χ1v) is 5.64. The van der Waals surface area contributed by atoms with Crippen molar-refractivity contribution in [3.05, 3.63) is 71.8 Å². The maximum absolute atomic E-state index is 12.0. The molecular weight excluding hydrogens is 246 g/mol. The minimum absolute atomic E-state index is 0. The van der Waals surface area contributed by atoms with E-state index in [0.717, 1.165) is 11.1 Å². The molecule has 18 heavy (non-hydrogen) atoms. The molecule has 3 heteroatoms. The monoisotopic (exact) mass is 261 g/mol. The fourth-order valence-corrected chi connectivity index (χ4v) is 1.75. The molecule has 2 nitrogen and oxygen atoms in total. The Morgan fingerprint density at radius 1 is 0.944 bits per heavy atom. The molecule has 94 valence electrons. The van der Waals surface area contributed by atoms with Crippen LogP contribution in [-0.2, 0) is 11.2 Å². The Kier molecular flexibility index (Phi) is 5.56. The van der Waals surface area contributed by atoms with Crippen molar-refractivity contribution in [3.63, 3.8) is 0 Å². The summed E-state index contributed by atoms with van der Waals surface area (Å²) in [6.45, 7) is 0. The van der Waals surface area contributed by atoms with Crippen LogP contribution in [0.2, 0.25) is 0 Å². The molecule has 2 N–H and O–H groups in total. The maximum Gasteiger partial charge on any atom is 0.158 e.